The maximum atomic E-state index is 12.2. The van der Waals surface area contributed by atoms with E-state index in [0.717, 1.165) is 4.90 Å². The number of nitrogen functional groups attached to an aromatic ring is 1. The number of imide groups is 1. The summed E-state index contributed by atoms with van der Waals surface area (Å²) in [5, 5.41) is 0. The molecule has 100 valence electrons. The van der Waals surface area contributed by atoms with Crippen molar-refractivity contribution in [1.29, 1.82) is 0 Å². The standard InChI is InChI=1S/C13H14N2O4/c1-3-19-13(18)7(2)15-11(16)8-5-4-6-9(14)10(8)12(15)17/h4-7H,3,14H2,1-2H3. The topological polar surface area (TPSA) is 89.7 Å². The summed E-state index contributed by atoms with van der Waals surface area (Å²) in [6.45, 7) is 3.30. The Hall–Kier alpha value is -2.37. The Morgan fingerprint density at radius 1 is 1.37 bits per heavy atom. The fraction of sp³-hybridized carbons (Fsp3) is 0.308. The van der Waals surface area contributed by atoms with Crippen LogP contribution in [0.2, 0.25) is 0 Å². The monoisotopic (exact) mass is 262 g/mol. The van der Waals surface area contributed by atoms with Gasteiger partial charge in [-0.15, -0.1) is 0 Å². The minimum atomic E-state index is -0.966. The molecule has 0 aliphatic carbocycles. The average molecular weight is 262 g/mol. The molecule has 0 radical (unpaired) electrons. The summed E-state index contributed by atoms with van der Waals surface area (Å²) in [6, 6.07) is 3.69. The lowest BCUT2D eigenvalue weighted by Gasteiger charge is -2.20. The van der Waals surface area contributed by atoms with Gasteiger partial charge in [0.1, 0.15) is 6.04 Å². The van der Waals surface area contributed by atoms with Crippen LogP contribution >= 0.6 is 0 Å². The third-order valence-corrected chi connectivity index (χ3v) is 2.99. The van der Waals surface area contributed by atoms with Crippen LogP contribution in [0.15, 0.2) is 18.2 Å². The molecule has 0 saturated heterocycles. The van der Waals surface area contributed by atoms with Crippen LogP contribution in [0.3, 0.4) is 0 Å². The molecule has 2 N–H and O–H groups in total. The van der Waals surface area contributed by atoms with Gasteiger partial charge in [0, 0.05) is 5.69 Å². The van der Waals surface area contributed by atoms with E-state index >= 15 is 0 Å². The average Bonchev–Trinajstić information content (AvgIpc) is 2.62. The second kappa shape index (κ2) is 4.72. The Morgan fingerprint density at radius 2 is 2.05 bits per heavy atom. The van der Waals surface area contributed by atoms with Crippen LogP contribution in [0, 0.1) is 0 Å². The Balaban J connectivity index is 2.38. The maximum Gasteiger partial charge on any atom is 0.329 e. The van der Waals surface area contributed by atoms with Crippen molar-refractivity contribution >= 4 is 23.5 Å². The van der Waals surface area contributed by atoms with Gasteiger partial charge < -0.3 is 10.5 Å². The van der Waals surface area contributed by atoms with Crippen molar-refractivity contribution in [2.75, 3.05) is 12.3 Å². The van der Waals surface area contributed by atoms with Crippen LogP contribution in [-0.4, -0.2) is 35.3 Å². The minimum Gasteiger partial charge on any atom is -0.464 e. The van der Waals surface area contributed by atoms with Gasteiger partial charge in [0.25, 0.3) is 11.8 Å². The minimum absolute atomic E-state index is 0.156. The predicted molar refractivity (Wildman–Crippen MR) is 67.4 cm³/mol. The number of nitrogens with zero attached hydrogens (tertiary/aromatic N) is 1. The number of hydrogen-bond donors (Lipinski definition) is 1. The van der Waals surface area contributed by atoms with E-state index < -0.39 is 23.8 Å². The molecule has 6 heteroatoms. The van der Waals surface area contributed by atoms with E-state index in [0.29, 0.717) is 0 Å². The van der Waals surface area contributed by atoms with Crippen molar-refractivity contribution in [2.24, 2.45) is 0 Å². The highest BCUT2D eigenvalue weighted by molar-refractivity contribution is 6.24. The molecule has 6 nitrogen and oxygen atoms in total. The van der Waals surface area contributed by atoms with E-state index in [1.54, 1.807) is 19.1 Å². The molecule has 0 aromatic heterocycles. The number of fused-ring (bicyclic) bond motifs is 1. The molecular formula is C13H14N2O4. The van der Waals surface area contributed by atoms with E-state index in [2.05, 4.69) is 0 Å². The molecule has 2 rings (SSSR count). The number of rotatable bonds is 3. The highest BCUT2D eigenvalue weighted by Gasteiger charge is 2.42. The summed E-state index contributed by atoms with van der Waals surface area (Å²) in [7, 11) is 0. The first-order valence-electron chi connectivity index (χ1n) is 5.92. The van der Waals surface area contributed by atoms with Crippen LogP contribution in [0.25, 0.3) is 0 Å². The van der Waals surface area contributed by atoms with E-state index in [4.69, 9.17) is 10.5 Å². The van der Waals surface area contributed by atoms with Crippen molar-refractivity contribution in [3.63, 3.8) is 0 Å². The lowest BCUT2D eigenvalue weighted by atomic mass is 10.1. The number of carbonyl (C=O) groups excluding carboxylic acids is 3. The molecule has 1 atom stereocenters. The molecule has 0 bridgehead atoms. The third-order valence-electron chi connectivity index (χ3n) is 2.99. The van der Waals surface area contributed by atoms with E-state index in [-0.39, 0.29) is 23.4 Å². The molecule has 2 amide bonds. The number of ether oxygens (including phenoxy) is 1. The first kappa shape index (κ1) is 13.1. The lowest BCUT2D eigenvalue weighted by Crippen LogP contribution is -2.43. The number of amides is 2. The third kappa shape index (κ3) is 1.95. The Kier molecular flexibility index (Phi) is 3.25. The molecule has 19 heavy (non-hydrogen) atoms. The largest absolute Gasteiger partial charge is 0.464 e. The molecule has 1 aromatic rings. The summed E-state index contributed by atoms with van der Waals surface area (Å²) < 4.78 is 4.83. The van der Waals surface area contributed by atoms with Crippen LogP contribution in [-0.2, 0) is 9.53 Å². The van der Waals surface area contributed by atoms with Crippen molar-refractivity contribution in [3.05, 3.63) is 29.3 Å². The maximum absolute atomic E-state index is 12.2. The van der Waals surface area contributed by atoms with E-state index in [1.807, 2.05) is 0 Å². The van der Waals surface area contributed by atoms with Gasteiger partial charge in [0.15, 0.2) is 0 Å². The molecule has 1 aliphatic heterocycles. The van der Waals surface area contributed by atoms with Gasteiger partial charge in [0.05, 0.1) is 17.7 Å². The van der Waals surface area contributed by atoms with Crippen LogP contribution in [0.4, 0.5) is 5.69 Å². The zero-order valence-electron chi connectivity index (χ0n) is 10.7. The Labute approximate surface area is 110 Å². The SMILES string of the molecule is CCOC(=O)C(C)N1C(=O)c2cccc(N)c2C1=O. The van der Waals surface area contributed by atoms with Crippen molar-refractivity contribution in [2.45, 2.75) is 19.9 Å². The number of benzene rings is 1. The Bertz CT molecular complexity index is 568. The first-order valence-corrected chi connectivity index (χ1v) is 5.92. The molecule has 1 heterocycles. The zero-order chi connectivity index (χ0) is 14.2. The fourth-order valence-electron chi connectivity index (χ4n) is 2.05. The Morgan fingerprint density at radius 3 is 2.63 bits per heavy atom. The van der Waals surface area contributed by atoms with Crippen LogP contribution in [0.1, 0.15) is 34.6 Å². The predicted octanol–water partition coefficient (Wildman–Crippen LogP) is 0.816. The molecule has 0 spiro atoms. The smallest absolute Gasteiger partial charge is 0.329 e. The van der Waals surface area contributed by atoms with Gasteiger partial charge in [-0.05, 0) is 26.0 Å². The summed E-state index contributed by atoms with van der Waals surface area (Å²) in [4.78, 5) is 36.9. The molecular weight excluding hydrogens is 248 g/mol. The van der Waals surface area contributed by atoms with Gasteiger partial charge in [-0.2, -0.15) is 0 Å². The molecule has 0 fully saturated rings. The van der Waals surface area contributed by atoms with E-state index in [9.17, 15) is 14.4 Å². The molecule has 1 aliphatic rings. The van der Waals surface area contributed by atoms with Crippen molar-refractivity contribution < 1.29 is 19.1 Å². The summed E-state index contributed by atoms with van der Waals surface area (Å²) >= 11 is 0. The highest BCUT2D eigenvalue weighted by Crippen LogP contribution is 2.29. The number of carbonyl (C=O) groups is 3. The molecule has 1 aromatic carbocycles. The van der Waals surface area contributed by atoms with Gasteiger partial charge in [-0.1, -0.05) is 6.07 Å². The normalized spacial score (nSPS) is 15.4. The van der Waals surface area contributed by atoms with Crippen molar-refractivity contribution in [3.8, 4) is 0 Å². The summed E-state index contributed by atoms with van der Waals surface area (Å²) in [5.74, 6) is -1.69. The molecule has 1 unspecified atom stereocenters. The van der Waals surface area contributed by atoms with Crippen LogP contribution in [0.5, 0.6) is 0 Å². The molecule has 0 saturated carbocycles. The van der Waals surface area contributed by atoms with Crippen molar-refractivity contribution in [1.82, 2.24) is 4.90 Å². The van der Waals surface area contributed by atoms with Gasteiger partial charge in [0.2, 0.25) is 0 Å². The highest BCUT2D eigenvalue weighted by atomic mass is 16.5. The van der Waals surface area contributed by atoms with Gasteiger partial charge in [-0.3, -0.25) is 14.5 Å². The lowest BCUT2D eigenvalue weighted by molar-refractivity contribution is -0.147. The zero-order valence-corrected chi connectivity index (χ0v) is 10.7. The second-order valence-corrected chi connectivity index (χ2v) is 4.18. The van der Waals surface area contributed by atoms with Gasteiger partial charge >= 0.3 is 5.97 Å². The second-order valence-electron chi connectivity index (χ2n) is 4.18. The van der Waals surface area contributed by atoms with Gasteiger partial charge in [-0.25, -0.2) is 4.79 Å². The fourth-order valence-corrected chi connectivity index (χ4v) is 2.05. The first-order chi connectivity index (χ1) is 8.99. The number of anilines is 1. The number of hydrogen-bond acceptors (Lipinski definition) is 5. The number of esters is 1. The van der Waals surface area contributed by atoms with Crippen LogP contribution < -0.4 is 5.73 Å². The summed E-state index contributed by atoms with van der Waals surface area (Å²) in [6.07, 6.45) is 0. The number of nitrogens with two attached hydrogens (primary N) is 1. The summed E-state index contributed by atoms with van der Waals surface area (Å²) in [5.41, 5.74) is 6.32. The van der Waals surface area contributed by atoms with E-state index in [1.165, 1.54) is 13.0 Å². The quantitative estimate of drug-likeness (QED) is 0.494.